The van der Waals surface area contributed by atoms with Gasteiger partial charge in [-0.05, 0) is 30.4 Å². The molecule has 2 heterocycles. The van der Waals surface area contributed by atoms with Gasteiger partial charge in [-0.2, -0.15) is 0 Å². The molecule has 2 rings (SSSR count). The van der Waals surface area contributed by atoms with Crippen LogP contribution in [0.5, 0.6) is 0 Å². The second-order valence-electron chi connectivity index (χ2n) is 4.48. The smallest absolute Gasteiger partial charge is 0.309 e. The number of hydrogen-bond donors (Lipinski definition) is 2. The number of amides is 1. The highest BCUT2D eigenvalue weighted by Crippen LogP contribution is 2.23. The van der Waals surface area contributed by atoms with Crippen molar-refractivity contribution in [2.24, 2.45) is 5.92 Å². The molecule has 2 atom stereocenters. The normalized spacial score (nSPS) is 24.0. The number of carbonyl (C=O) groups is 2. The van der Waals surface area contributed by atoms with Crippen LogP contribution in [0.4, 0.5) is 0 Å². The third kappa shape index (κ3) is 2.39. The Morgan fingerprint density at radius 3 is 2.72 bits per heavy atom. The van der Waals surface area contributed by atoms with E-state index in [2.05, 4.69) is 0 Å². The molecule has 1 aromatic rings. The minimum atomic E-state index is -0.998. The molecule has 2 N–H and O–H groups in total. The molecule has 0 aliphatic carbocycles. The Balaban J connectivity index is 2.07. The SMILES string of the molecule is Cc1ccsc1C(=O)N1CC[C@H](C(=O)O)[C@H](O)C1. The third-order valence-electron chi connectivity index (χ3n) is 3.24. The van der Waals surface area contributed by atoms with Crippen LogP contribution in [0.2, 0.25) is 0 Å². The highest BCUT2D eigenvalue weighted by molar-refractivity contribution is 7.12. The maximum Gasteiger partial charge on any atom is 0.309 e. The number of carbonyl (C=O) groups excluding carboxylic acids is 1. The molecule has 0 radical (unpaired) electrons. The average molecular weight is 269 g/mol. The number of hydrogen-bond acceptors (Lipinski definition) is 4. The Morgan fingerprint density at radius 1 is 1.50 bits per heavy atom. The number of rotatable bonds is 2. The fraction of sp³-hybridized carbons (Fsp3) is 0.500. The number of thiophene rings is 1. The van der Waals surface area contributed by atoms with E-state index in [4.69, 9.17) is 5.11 Å². The zero-order valence-corrected chi connectivity index (χ0v) is 10.8. The van der Waals surface area contributed by atoms with E-state index in [1.807, 2.05) is 18.4 Å². The number of carboxylic acid groups (broad SMARTS) is 1. The fourth-order valence-corrected chi connectivity index (χ4v) is 3.03. The van der Waals surface area contributed by atoms with E-state index < -0.39 is 18.0 Å². The van der Waals surface area contributed by atoms with Gasteiger partial charge in [-0.15, -0.1) is 11.3 Å². The molecule has 1 amide bonds. The number of piperidine rings is 1. The van der Waals surface area contributed by atoms with Gasteiger partial charge in [0.1, 0.15) is 0 Å². The van der Waals surface area contributed by atoms with E-state index in [1.165, 1.54) is 16.2 Å². The van der Waals surface area contributed by atoms with Crippen LogP contribution in [0.25, 0.3) is 0 Å². The quantitative estimate of drug-likeness (QED) is 0.838. The highest BCUT2D eigenvalue weighted by Gasteiger charge is 2.35. The maximum atomic E-state index is 12.2. The van der Waals surface area contributed by atoms with Gasteiger partial charge in [0.05, 0.1) is 16.9 Å². The number of β-amino-alcohol motifs (C(OH)–C–C–N with tert-alkyl or cyclic N) is 1. The number of aliphatic hydroxyl groups is 1. The van der Waals surface area contributed by atoms with Crippen molar-refractivity contribution in [1.29, 1.82) is 0 Å². The lowest BCUT2D eigenvalue weighted by atomic mass is 9.94. The first-order chi connectivity index (χ1) is 8.50. The second kappa shape index (κ2) is 5.07. The Morgan fingerprint density at radius 2 is 2.22 bits per heavy atom. The largest absolute Gasteiger partial charge is 0.481 e. The monoisotopic (exact) mass is 269 g/mol. The van der Waals surface area contributed by atoms with Gasteiger partial charge in [-0.25, -0.2) is 0 Å². The summed E-state index contributed by atoms with van der Waals surface area (Å²) in [6.45, 7) is 2.33. The van der Waals surface area contributed by atoms with Crippen molar-refractivity contribution in [1.82, 2.24) is 4.90 Å². The Hall–Kier alpha value is -1.40. The van der Waals surface area contributed by atoms with Crippen LogP contribution in [0.15, 0.2) is 11.4 Å². The van der Waals surface area contributed by atoms with Crippen molar-refractivity contribution in [2.75, 3.05) is 13.1 Å². The summed E-state index contributed by atoms with van der Waals surface area (Å²) in [5.74, 6) is -1.88. The summed E-state index contributed by atoms with van der Waals surface area (Å²) >= 11 is 1.37. The van der Waals surface area contributed by atoms with E-state index in [1.54, 1.807) is 0 Å². The van der Waals surface area contributed by atoms with Crippen LogP contribution in [0, 0.1) is 12.8 Å². The molecule has 0 aromatic carbocycles. The first-order valence-corrected chi connectivity index (χ1v) is 6.63. The lowest BCUT2D eigenvalue weighted by Gasteiger charge is -2.33. The molecule has 98 valence electrons. The zero-order chi connectivity index (χ0) is 13.3. The molecule has 0 saturated carbocycles. The Bertz CT molecular complexity index is 470. The Labute approximate surface area is 109 Å². The molecule has 1 aliphatic rings. The van der Waals surface area contributed by atoms with Gasteiger partial charge < -0.3 is 15.1 Å². The second-order valence-corrected chi connectivity index (χ2v) is 5.40. The van der Waals surface area contributed by atoms with Crippen molar-refractivity contribution in [2.45, 2.75) is 19.4 Å². The zero-order valence-electron chi connectivity index (χ0n) is 10.00. The lowest BCUT2D eigenvalue weighted by molar-refractivity contribution is -0.148. The number of aliphatic carboxylic acids is 1. The summed E-state index contributed by atoms with van der Waals surface area (Å²) in [6, 6.07) is 1.87. The lowest BCUT2D eigenvalue weighted by Crippen LogP contribution is -2.48. The minimum absolute atomic E-state index is 0.0904. The van der Waals surface area contributed by atoms with Crippen molar-refractivity contribution in [3.63, 3.8) is 0 Å². The predicted octanol–water partition coefficient (Wildman–Crippen LogP) is 0.964. The van der Waals surface area contributed by atoms with Crippen LogP contribution in [0.3, 0.4) is 0 Å². The molecule has 6 heteroatoms. The Kier molecular flexibility index (Phi) is 3.68. The summed E-state index contributed by atoms with van der Waals surface area (Å²) < 4.78 is 0. The van der Waals surface area contributed by atoms with Crippen LogP contribution in [0.1, 0.15) is 21.7 Å². The molecule has 1 aliphatic heterocycles. The number of nitrogens with zero attached hydrogens (tertiary/aromatic N) is 1. The summed E-state index contributed by atoms with van der Waals surface area (Å²) in [6.07, 6.45) is -0.687. The van der Waals surface area contributed by atoms with Crippen molar-refractivity contribution >= 4 is 23.2 Å². The van der Waals surface area contributed by atoms with Crippen LogP contribution >= 0.6 is 11.3 Å². The fourth-order valence-electron chi connectivity index (χ4n) is 2.14. The summed E-state index contributed by atoms with van der Waals surface area (Å²) in [5, 5.41) is 20.5. The molecule has 1 saturated heterocycles. The topological polar surface area (TPSA) is 77.8 Å². The number of aliphatic hydroxyl groups excluding tert-OH is 1. The van der Waals surface area contributed by atoms with Crippen molar-refractivity contribution in [3.05, 3.63) is 21.9 Å². The highest BCUT2D eigenvalue weighted by atomic mass is 32.1. The molecule has 1 aromatic heterocycles. The molecule has 0 bridgehead atoms. The van der Waals surface area contributed by atoms with Crippen LogP contribution in [-0.4, -0.2) is 46.2 Å². The van der Waals surface area contributed by atoms with Gasteiger partial charge in [0.25, 0.3) is 5.91 Å². The summed E-state index contributed by atoms with van der Waals surface area (Å²) in [5.41, 5.74) is 0.917. The molecule has 0 spiro atoms. The van der Waals surface area contributed by atoms with Gasteiger partial charge in [0.15, 0.2) is 0 Å². The van der Waals surface area contributed by atoms with Gasteiger partial charge >= 0.3 is 5.97 Å². The molecule has 1 fully saturated rings. The van der Waals surface area contributed by atoms with E-state index >= 15 is 0 Å². The van der Waals surface area contributed by atoms with Gasteiger partial charge in [-0.1, -0.05) is 0 Å². The summed E-state index contributed by atoms with van der Waals surface area (Å²) in [7, 11) is 0. The maximum absolute atomic E-state index is 12.2. The van der Waals surface area contributed by atoms with Crippen molar-refractivity contribution < 1.29 is 19.8 Å². The average Bonchev–Trinajstić information content (AvgIpc) is 2.74. The van der Waals surface area contributed by atoms with E-state index in [0.29, 0.717) is 17.8 Å². The molecular weight excluding hydrogens is 254 g/mol. The van der Waals surface area contributed by atoms with E-state index in [-0.39, 0.29) is 12.5 Å². The van der Waals surface area contributed by atoms with E-state index in [0.717, 1.165) is 5.56 Å². The molecule has 0 unspecified atom stereocenters. The van der Waals surface area contributed by atoms with E-state index in [9.17, 15) is 14.7 Å². The number of likely N-dealkylation sites (tertiary alicyclic amines) is 1. The molecule has 5 nitrogen and oxygen atoms in total. The number of aryl methyl sites for hydroxylation is 1. The van der Waals surface area contributed by atoms with Crippen LogP contribution < -0.4 is 0 Å². The van der Waals surface area contributed by atoms with Crippen molar-refractivity contribution in [3.8, 4) is 0 Å². The van der Waals surface area contributed by atoms with Gasteiger partial charge in [0.2, 0.25) is 0 Å². The number of carboxylic acids is 1. The first-order valence-electron chi connectivity index (χ1n) is 5.75. The van der Waals surface area contributed by atoms with Crippen LogP contribution in [-0.2, 0) is 4.79 Å². The predicted molar refractivity (Wildman–Crippen MR) is 66.7 cm³/mol. The first kappa shape index (κ1) is 13.0. The third-order valence-corrected chi connectivity index (χ3v) is 4.25. The summed E-state index contributed by atoms with van der Waals surface area (Å²) in [4.78, 5) is 25.2. The minimum Gasteiger partial charge on any atom is -0.481 e. The van der Waals surface area contributed by atoms with Gasteiger partial charge in [0, 0.05) is 13.1 Å². The molecular formula is C12H15NO4S. The standard InChI is InChI=1S/C12H15NO4S/c1-7-3-5-18-10(7)11(15)13-4-2-8(12(16)17)9(14)6-13/h3,5,8-9,14H,2,4,6H2,1H3,(H,16,17)/t8-,9+/m0/s1. The molecule has 18 heavy (non-hydrogen) atoms. The van der Waals surface area contributed by atoms with Gasteiger partial charge in [-0.3, -0.25) is 9.59 Å².